The largest absolute Gasteiger partial charge is 0.493 e. The van der Waals surface area contributed by atoms with Gasteiger partial charge in [0.15, 0.2) is 11.5 Å². The lowest BCUT2D eigenvalue weighted by Crippen LogP contribution is -2.52. The summed E-state index contributed by atoms with van der Waals surface area (Å²) in [5, 5.41) is 3.83. The van der Waals surface area contributed by atoms with Crippen LogP contribution in [-0.4, -0.2) is 58.5 Å². The number of nitrogens with one attached hydrogen (secondary N) is 1. The van der Waals surface area contributed by atoms with Crippen LogP contribution in [0.5, 0.6) is 11.5 Å². The summed E-state index contributed by atoms with van der Waals surface area (Å²) in [6.07, 6.45) is 0.312. The van der Waals surface area contributed by atoms with E-state index in [2.05, 4.69) is 5.32 Å². The third-order valence-corrected chi connectivity index (χ3v) is 8.95. The molecule has 0 saturated heterocycles. The molecular weight excluding hydrogens is 613 g/mol. The molecule has 2 amide bonds. The number of carbonyl (C=O) groups excluding carboxylic acids is 2. The Morgan fingerprint density at radius 2 is 1.47 bits per heavy atom. The Morgan fingerprint density at radius 1 is 0.884 bits per heavy atom. The summed E-state index contributed by atoms with van der Waals surface area (Å²) in [5.74, 6) is -0.125. The fourth-order valence-corrected chi connectivity index (χ4v) is 6.05. The van der Waals surface area contributed by atoms with Gasteiger partial charge in [-0.3, -0.25) is 13.9 Å². The maximum Gasteiger partial charge on any atom is 0.264 e. The Hall–Kier alpha value is -3.47. The predicted molar refractivity (Wildman–Crippen MR) is 169 cm³/mol. The smallest absolute Gasteiger partial charge is 0.264 e. The van der Waals surface area contributed by atoms with Gasteiger partial charge < -0.3 is 19.7 Å². The van der Waals surface area contributed by atoms with E-state index in [4.69, 9.17) is 32.7 Å². The molecular formula is C31H37Cl2N3O6S. The van der Waals surface area contributed by atoms with E-state index in [-0.39, 0.29) is 34.7 Å². The number of amides is 2. The maximum absolute atomic E-state index is 14.2. The van der Waals surface area contributed by atoms with Gasteiger partial charge >= 0.3 is 0 Å². The average Bonchev–Trinajstić information content (AvgIpc) is 2.99. The highest BCUT2D eigenvalue weighted by Gasteiger charge is 2.34. The van der Waals surface area contributed by atoms with Crippen LogP contribution in [0.3, 0.4) is 0 Å². The van der Waals surface area contributed by atoms with E-state index < -0.39 is 28.5 Å². The predicted octanol–water partition coefficient (Wildman–Crippen LogP) is 5.79. The molecule has 0 unspecified atom stereocenters. The van der Waals surface area contributed by atoms with Crippen molar-refractivity contribution < 1.29 is 27.5 Å². The van der Waals surface area contributed by atoms with Crippen LogP contribution in [0.2, 0.25) is 10.0 Å². The number of anilines is 1. The van der Waals surface area contributed by atoms with Crippen molar-refractivity contribution in [2.24, 2.45) is 5.92 Å². The Bertz CT molecular complexity index is 1500. The Kier molecular flexibility index (Phi) is 12.1. The van der Waals surface area contributed by atoms with Crippen molar-refractivity contribution in [3.63, 3.8) is 0 Å². The number of hydrogen-bond donors (Lipinski definition) is 1. The van der Waals surface area contributed by atoms with Gasteiger partial charge in [-0.15, -0.1) is 0 Å². The molecule has 9 nitrogen and oxygen atoms in total. The second kappa shape index (κ2) is 15.3. The number of hydrogen-bond acceptors (Lipinski definition) is 6. The number of ether oxygens (including phenoxy) is 2. The van der Waals surface area contributed by atoms with E-state index in [9.17, 15) is 18.0 Å². The SMILES string of the molecule is CC[C@@H](C(=O)NCC(C)C)N(Cc1ccc(Cl)cc1)C(=O)CN(c1ccc(Cl)cc1)S(=O)(=O)c1ccc(OC)c(OC)c1. The minimum atomic E-state index is -4.32. The van der Waals surface area contributed by atoms with E-state index in [0.717, 1.165) is 9.87 Å². The first-order valence-electron chi connectivity index (χ1n) is 13.7. The van der Waals surface area contributed by atoms with Gasteiger partial charge in [0.25, 0.3) is 10.0 Å². The van der Waals surface area contributed by atoms with E-state index in [0.29, 0.717) is 28.8 Å². The van der Waals surface area contributed by atoms with Crippen LogP contribution in [0.4, 0.5) is 5.69 Å². The lowest BCUT2D eigenvalue weighted by molar-refractivity contribution is -0.140. The van der Waals surface area contributed by atoms with Crippen LogP contribution < -0.4 is 19.1 Å². The summed E-state index contributed by atoms with van der Waals surface area (Å²) in [6.45, 7) is 5.66. The minimum Gasteiger partial charge on any atom is -0.493 e. The van der Waals surface area contributed by atoms with Gasteiger partial charge in [-0.2, -0.15) is 0 Å². The maximum atomic E-state index is 14.2. The highest BCUT2D eigenvalue weighted by atomic mass is 35.5. The van der Waals surface area contributed by atoms with Crippen molar-refractivity contribution in [2.75, 3.05) is 31.6 Å². The van der Waals surface area contributed by atoms with Crippen molar-refractivity contribution in [1.29, 1.82) is 0 Å². The molecule has 3 aromatic rings. The molecule has 43 heavy (non-hydrogen) atoms. The standard InChI is InChI=1S/C31H37Cl2N3O6S/c1-6-27(31(38)34-18-21(2)3)35(19-22-7-9-23(32)10-8-22)30(37)20-36(25-13-11-24(33)12-14-25)43(39,40)26-15-16-28(41-4)29(17-26)42-5/h7-17,21,27H,6,18-20H2,1-5H3,(H,34,38)/t27-/m0/s1. The molecule has 12 heteroatoms. The summed E-state index contributed by atoms with van der Waals surface area (Å²) in [7, 11) is -1.47. The number of rotatable bonds is 14. The molecule has 1 atom stereocenters. The third kappa shape index (κ3) is 8.78. The molecule has 232 valence electrons. The van der Waals surface area contributed by atoms with Crippen LogP contribution in [0.15, 0.2) is 71.6 Å². The van der Waals surface area contributed by atoms with Crippen LogP contribution >= 0.6 is 23.2 Å². The summed E-state index contributed by atoms with van der Waals surface area (Å²) in [5.41, 5.74) is 0.949. The fraction of sp³-hybridized carbons (Fsp3) is 0.355. The van der Waals surface area contributed by atoms with Crippen LogP contribution in [0.25, 0.3) is 0 Å². The molecule has 0 aliphatic rings. The average molecular weight is 651 g/mol. The second-order valence-corrected chi connectivity index (χ2v) is 13.0. The van der Waals surface area contributed by atoms with Crippen molar-refractivity contribution in [3.8, 4) is 11.5 Å². The van der Waals surface area contributed by atoms with E-state index in [1.54, 1.807) is 31.2 Å². The fourth-order valence-electron chi connectivity index (χ4n) is 4.37. The monoisotopic (exact) mass is 649 g/mol. The lowest BCUT2D eigenvalue weighted by atomic mass is 10.1. The number of methoxy groups -OCH3 is 2. The van der Waals surface area contributed by atoms with Crippen molar-refractivity contribution >= 4 is 50.7 Å². The van der Waals surface area contributed by atoms with Crippen molar-refractivity contribution in [1.82, 2.24) is 10.2 Å². The van der Waals surface area contributed by atoms with Gasteiger partial charge in [0.1, 0.15) is 12.6 Å². The first-order chi connectivity index (χ1) is 20.4. The van der Waals surface area contributed by atoms with Gasteiger partial charge in [0, 0.05) is 29.2 Å². The zero-order valence-electron chi connectivity index (χ0n) is 24.8. The molecule has 0 fully saturated rings. The van der Waals surface area contributed by atoms with Gasteiger partial charge in [-0.25, -0.2) is 8.42 Å². The number of halogens is 2. The highest BCUT2D eigenvalue weighted by Crippen LogP contribution is 2.33. The molecule has 0 heterocycles. The molecule has 0 aromatic heterocycles. The normalized spacial score (nSPS) is 12.0. The molecule has 0 saturated carbocycles. The molecule has 0 radical (unpaired) electrons. The zero-order chi connectivity index (χ0) is 31.7. The van der Waals surface area contributed by atoms with Gasteiger partial charge in [0.05, 0.1) is 24.8 Å². The van der Waals surface area contributed by atoms with Crippen LogP contribution in [0.1, 0.15) is 32.8 Å². The molecule has 0 aliphatic heterocycles. The van der Waals surface area contributed by atoms with E-state index in [1.807, 2.05) is 13.8 Å². The number of carbonyl (C=O) groups is 2. The Balaban J connectivity index is 2.08. The Morgan fingerprint density at radius 3 is 2.00 bits per heavy atom. The quantitative estimate of drug-likeness (QED) is 0.237. The number of nitrogens with zero attached hydrogens (tertiary/aromatic N) is 2. The van der Waals surface area contributed by atoms with Gasteiger partial charge in [0.2, 0.25) is 11.8 Å². The number of benzene rings is 3. The van der Waals surface area contributed by atoms with Gasteiger partial charge in [-0.1, -0.05) is 56.1 Å². The van der Waals surface area contributed by atoms with E-state index in [1.165, 1.54) is 61.6 Å². The molecule has 1 N–H and O–H groups in total. The zero-order valence-corrected chi connectivity index (χ0v) is 27.2. The van der Waals surface area contributed by atoms with Gasteiger partial charge in [-0.05, 0) is 66.4 Å². The third-order valence-electron chi connectivity index (χ3n) is 6.67. The molecule has 3 rings (SSSR count). The van der Waals surface area contributed by atoms with Crippen molar-refractivity contribution in [3.05, 3.63) is 82.3 Å². The second-order valence-electron chi connectivity index (χ2n) is 10.2. The molecule has 0 bridgehead atoms. The first kappa shape index (κ1) is 34.0. The van der Waals surface area contributed by atoms with Crippen molar-refractivity contribution in [2.45, 2.75) is 44.7 Å². The number of sulfonamides is 1. The summed E-state index contributed by atoms with van der Waals surface area (Å²) in [4.78, 5) is 28.8. The molecule has 0 spiro atoms. The summed E-state index contributed by atoms with van der Waals surface area (Å²) >= 11 is 12.2. The lowest BCUT2D eigenvalue weighted by Gasteiger charge is -2.33. The first-order valence-corrected chi connectivity index (χ1v) is 15.9. The van der Waals surface area contributed by atoms with Crippen LogP contribution in [-0.2, 0) is 26.2 Å². The Labute approximate surface area is 263 Å². The van der Waals surface area contributed by atoms with E-state index >= 15 is 0 Å². The molecule has 0 aliphatic carbocycles. The summed E-state index contributed by atoms with van der Waals surface area (Å²) < 4.78 is 39.8. The molecule has 3 aromatic carbocycles. The van der Waals surface area contributed by atoms with Crippen LogP contribution in [0, 0.1) is 5.92 Å². The highest BCUT2D eigenvalue weighted by molar-refractivity contribution is 7.92. The topological polar surface area (TPSA) is 105 Å². The minimum absolute atomic E-state index is 0.0640. The summed E-state index contributed by atoms with van der Waals surface area (Å²) in [6, 6.07) is 16.4.